The van der Waals surface area contributed by atoms with Crippen molar-refractivity contribution in [2.45, 2.75) is 226 Å². The van der Waals surface area contributed by atoms with Crippen LogP contribution >= 0.6 is 0 Å². The highest BCUT2D eigenvalue weighted by Crippen LogP contribution is 2.32. The van der Waals surface area contributed by atoms with Crippen LogP contribution in [0.5, 0.6) is 0 Å². The molecule has 4 aliphatic rings. The van der Waals surface area contributed by atoms with Crippen molar-refractivity contribution < 1.29 is 175 Å². The second-order valence-electron chi connectivity index (χ2n) is 24.1. The summed E-state index contributed by atoms with van der Waals surface area (Å²) >= 11 is 0. The van der Waals surface area contributed by atoms with Crippen molar-refractivity contribution in [3.63, 3.8) is 0 Å². The molecule has 2 aromatic rings. The molecule has 2 saturated heterocycles. The summed E-state index contributed by atoms with van der Waals surface area (Å²) in [6, 6.07) is -3.64. The number of aliphatic hydroxyl groups is 26. The molecule has 4 heterocycles. The molecule has 0 radical (unpaired) electrons. The Kier molecular flexibility index (Phi) is 33.8. The molecule has 2 aliphatic heterocycles. The fourth-order valence-electron chi connectivity index (χ4n) is 11.0. The summed E-state index contributed by atoms with van der Waals surface area (Å²) in [4.78, 5) is 0. The highest BCUT2D eigenvalue weighted by atomic mass is 16.7. The van der Waals surface area contributed by atoms with E-state index in [0.717, 1.165) is 6.08 Å². The van der Waals surface area contributed by atoms with E-state index in [9.17, 15) is 133 Å². The highest BCUT2D eigenvalue weighted by molar-refractivity contribution is 5.24. The van der Waals surface area contributed by atoms with Crippen molar-refractivity contribution in [1.29, 1.82) is 0 Å². The van der Waals surface area contributed by atoms with E-state index >= 15 is 0 Å². The summed E-state index contributed by atoms with van der Waals surface area (Å²) in [6.07, 6.45) is -32.6. The van der Waals surface area contributed by atoms with Gasteiger partial charge in [0.05, 0.1) is 76.8 Å². The molecular weight excluding hydrogens is 1380 g/mol. The molecule has 2 aromatic heterocycles. The Labute approximate surface area is 580 Å². The van der Waals surface area contributed by atoms with Crippen molar-refractivity contribution in [1.82, 2.24) is 40.6 Å². The molecule has 6 rings (SSSR count). The van der Waals surface area contributed by atoms with Crippen LogP contribution in [0.15, 0.2) is 82.1 Å². The van der Waals surface area contributed by atoms with Crippen molar-refractivity contribution >= 4 is 0 Å². The zero-order chi connectivity index (χ0) is 75.4. The van der Waals surface area contributed by atoms with Crippen LogP contribution in [0.1, 0.15) is 57.3 Å². The molecule has 0 aromatic carbocycles. The largest absolute Gasteiger partial charge is 0.507 e. The van der Waals surface area contributed by atoms with Crippen LogP contribution in [-0.2, 0) is 69.1 Å². The maximum absolute atomic E-state index is 11.1. The first kappa shape index (κ1) is 85.1. The predicted octanol–water partition coefficient (Wildman–Crippen LogP) is -9.01. The maximum atomic E-state index is 11.1. The lowest BCUT2D eigenvalue weighted by atomic mass is 9.87. The van der Waals surface area contributed by atoms with E-state index in [1.807, 2.05) is 0 Å². The fourth-order valence-corrected chi connectivity index (χ4v) is 11.0. The Balaban J connectivity index is 0.928. The average Bonchev–Trinajstić information content (AvgIpc) is 0.894. The van der Waals surface area contributed by atoms with Crippen LogP contribution in [0.2, 0.25) is 0 Å². The molecule has 5 unspecified atom stereocenters. The predicted molar refractivity (Wildman–Crippen MR) is 333 cm³/mol. The molecule has 0 saturated carbocycles. The third kappa shape index (κ3) is 22.6. The van der Waals surface area contributed by atoms with Gasteiger partial charge in [-0.3, -0.25) is 0 Å². The summed E-state index contributed by atoms with van der Waals surface area (Å²) < 4.78 is 51.9. The van der Waals surface area contributed by atoms with Crippen molar-refractivity contribution in [3.8, 4) is 0 Å². The topological polar surface area (TPSA) is 695 Å². The maximum Gasteiger partial charge on any atom is 0.218 e. The number of ether oxygens (including phenoxy) is 9. The van der Waals surface area contributed by atoms with Gasteiger partial charge in [0.2, 0.25) is 25.2 Å². The lowest BCUT2D eigenvalue weighted by Gasteiger charge is -2.43. The van der Waals surface area contributed by atoms with Crippen LogP contribution in [0.3, 0.4) is 0 Å². The minimum Gasteiger partial charge on any atom is -0.507 e. The van der Waals surface area contributed by atoms with Gasteiger partial charge in [-0.2, -0.15) is 0 Å². The van der Waals surface area contributed by atoms with Gasteiger partial charge in [0.15, 0.2) is 47.1 Å². The molecule has 102 heavy (non-hydrogen) atoms. The lowest BCUT2D eigenvalue weighted by molar-refractivity contribution is -0.324. The van der Waals surface area contributed by atoms with Gasteiger partial charge in [-0.15, -0.1) is 10.2 Å². The fraction of sp³-hybridized carbons (Fsp3) is 0.729. The molecule has 28 N–H and O–H groups in total. The number of aliphatic hydroxyl groups excluding tert-OH is 26. The zero-order valence-electron chi connectivity index (χ0n) is 55.1. The summed E-state index contributed by atoms with van der Waals surface area (Å²) in [5, 5.41) is 293. The van der Waals surface area contributed by atoms with Crippen LogP contribution in [0.4, 0.5) is 0 Å². The van der Waals surface area contributed by atoms with Crippen molar-refractivity contribution in [2.24, 2.45) is 0 Å². The molecular formula is C59H96N8O35. The van der Waals surface area contributed by atoms with E-state index in [0.29, 0.717) is 0 Å². The SMILES string of the molecule is CC[C@H](/C=C(/O)[C@H](O)O[C@H](CCO)/C(O)=C(/O)[C@H](O)O[C@H](CCO)/C(O)=C(/O)[C@@H](O)OCc1cn(CCOCn2cc(CO[C@H]3OC(CO)[C@H](O[C@H](O)/C(O)=C(\O)[C@H](CCO)O[C@@H]4OC(C)[C@H](N[C@@H]5C=C(CO)[C@H](O)[C@@H](O)[C@@H]5O)CC4O)C(O)C3O)nn2)nn1)N[C@H]1C=C(CO)[C@@H](O)[C@H](O)[C@@H]1O. The normalized spacial score (nSPS) is 31.3. The van der Waals surface area contributed by atoms with E-state index in [4.69, 9.17) is 42.6 Å². The second kappa shape index (κ2) is 40.6. The van der Waals surface area contributed by atoms with E-state index in [1.165, 1.54) is 33.9 Å². The van der Waals surface area contributed by atoms with E-state index in [-0.39, 0.29) is 55.3 Å². The van der Waals surface area contributed by atoms with Crippen molar-refractivity contribution in [3.05, 3.63) is 93.5 Å². The number of rotatable bonds is 41. The van der Waals surface area contributed by atoms with Crippen LogP contribution in [0, 0.1) is 0 Å². The molecule has 43 nitrogen and oxygen atoms in total. The molecule has 0 amide bonds. The Bertz CT molecular complexity index is 3070. The summed E-state index contributed by atoms with van der Waals surface area (Å²) in [6.45, 7) is -2.32. The lowest BCUT2D eigenvalue weighted by Crippen LogP contribution is -2.61. The molecule has 0 spiro atoms. The van der Waals surface area contributed by atoms with Gasteiger partial charge < -0.3 is 186 Å². The van der Waals surface area contributed by atoms with Gasteiger partial charge in [-0.1, -0.05) is 29.5 Å². The van der Waals surface area contributed by atoms with Gasteiger partial charge >= 0.3 is 0 Å². The van der Waals surface area contributed by atoms with Gasteiger partial charge in [0.1, 0.15) is 109 Å². The molecule has 0 bridgehead atoms. The van der Waals surface area contributed by atoms with E-state index in [2.05, 4.69) is 31.3 Å². The number of hydrogen-bond donors (Lipinski definition) is 28. The number of hydrogen-bond acceptors (Lipinski definition) is 41. The molecule has 2 aliphatic carbocycles. The summed E-state index contributed by atoms with van der Waals surface area (Å²) in [5.74, 6) is -8.57. The minimum absolute atomic E-state index is 0.00236. The monoisotopic (exact) mass is 1480 g/mol. The average molecular weight is 1480 g/mol. The summed E-state index contributed by atoms with van der Waals surface area (Å²) in [5.41, 5.74) is 0.274. The molecule has 43 heteroatoms. The van der Waals surface area contributed by atoms with Gasteiger partial charge in [0, 0.05) is 51.2 Å². The first-order valence-corrected chi connectivity index (χ1v) is 32.2. The quantitative estimate of drug-likeness (QED) is 0.0127. The Hall–Kier alpha value is -5.88. The van der Waals surface area contributed by atoms with Crippen LogP contribution < -0.4 is 10.6 Å². The standard InChI is InChI=1S/C59H96N8O35/c1-3-27(60-31-12-25(18-71)39(76)46(83)41(31)78)14-33(74)54(90)98-35(4-8-68)44(81)50(87)56(92)99-36(5-9-69)43(80)49(86)55(91)95-21-28-16-66(64-62-28)7-11-94-23-67-17-29(63-65-67)22-96-59-52(89)48(85)53(38(20-73)101-59)102-57(93)51(88)45(82)37(6-10-70)100-58-34(75)15-30(24(2)97-58)61-32-13-26(19-72)40(77)47(84)42(32)79/h12-14,16-17,24,27,30-32,34-42,46-48,52-61,68-93H,3-11,15,18-23H2,1-2H3/b33-14+,49-43-,50-44-,51-45+/t24?,27-,30-,31+,32-,34?,35-,36-,37+,38?,39-,40+,41-,42-,46+,47-,48?,52?,53+,54-,55+,56-,57+,58+,59+/m1/s1. The Morgan fingerprint density at radius 2 is 1.13 bits per heavy atom. The molecule has 582 valence electrons. The Morgan fingerprint density at radius 1 is 0.598 bits per heavy atom. The minimum atomic E-state index is -2.61. The van der Waals surface area contributed by atoms with E-state index in [1.54, 1.807) is 13.8 Å². The summed E-state index contributed by atoms with van der Waals surface area (Å²) in [7, 11) is 0. The molecule has 2 fully saturated rings. The first-order valence-electron chi connectivity index (χ1n) is 32.2. The Morgan fingerprint density at radius 3 is 1.72 bits per heavy atom. The van der Waals surface area contributed by atoms with E-state index < -0.39 is 266 Å². The highest BCUT2D eigenvalue weighted by Gasteiger charge is 2.48. The second-order valence-corrected chi connectivity index (χ2v) is 24.1. The van der Waals surface area contributed by atoms with Crippen LogP contribution in [0.25, 0.3) is 0 Å². The molecule has 25 atom stereocenters. The van der Waals surface area contributed by atoms with Crippen molar-refractivity contribution in [2.75, 3.05) is 46.2 Å². The number of nitrogens with one attached hydrogen (secondary N) is 2. The third-order valence-corrected chi connectivity index (χ3v) is 16.8. The van der Waals surface area contributed by atoms with Crippen LogP contribution in [-0.4, -0.2) is 362 Å². The van der Waals surface area contributed by atoms with Gasteiger partial charge in [0.25, 0.3) is 0 Å². The smallest absolute Gasteiger partial charge is 0.218 e. The third-order valence-electron chi connectivity index (χ3n) is 16.8. The number of aromatic nitrogens is 6. The first-order chi connectivity index (χ1) is 48.4. The van der Waals surface area contributed by atoms with Gasteiger partial charge in [-0.05, 0) is 37.0 Å². The zero-order valence-corrected chi connectivity index (χ0v) is 55.1. The number of nitrogens with zero attached hydrogens (tertiary/aromatic N) is 6. The van der Waals surface area contributed by atoms with Gasteiger partial charge in [-0.25, -0.2) is 9.36 Å².